The van der Waals surface area contributed by atoms with Crippen molar-refractivity contribution in [1.82, 2.24) is 9.47 Å². The van der Waals surface area contributed by atoms with Crippen molar-refractivity contribution in [3.8, 4) is 5.75 Å². The molecular weight excluding hydrogens is 481 g/mol. The molecule has 0 saturated carbocycles. The highest BCUT2D eigenvalue weighted by molar-refractivity contribution is 6.05. The number of ether oxygens (including phenoxy) is 2. The van der Waals surface area contributed by atoms with Crippen molar-refractivity contribution in [2.24, 2.45) is 5.73 Å². The maximum atomic E-state index is 13.2. The van der Waals surface area contributed by atoms with E-state index in [1.165, 1.54) is 34.9 Å². The first-order valence-electron chi connectivity index (χ1n) is 10.9. The second kappa shape index (κ2) is 9.90. The number of rotatable bonds is 6. The normalized spacial score (nSPS) is 17.8. The monoisotopic (exact) mass is 504 g/mol. The van der Waals surface area contributed by atoms with Crippen molar-refractivity contribution in [2.75, 3.05) is 19.0 Å². The van der Waals surface area contributed by atoms with Gasteiger partial charge in [0.25, 0.3) is 0 Å². The number of ketones is 1. The molecule has 12 heteroatoms. The highest BCUT2D eigenvalue weighted by Gasteiger charge is 2.40. The summed E-state index contributed by atoms with van der Waals surface area (Å²) in [6, 6.07) is 9.81. The topological polar surface area (TPSA) is 116 Å². The number of alkyl halides is 3. The van der Waals surface area contributed by atoms with Crippen LogP contribution in [0.25, 0.3) is 10.9 Å². The van der Waals surface area contributed by atoms with Crippen molar-refractivity contribution in [1.29, 1.82) is 0 Å². The molecule has 0 unspecified atom stereocenters. The van der Waals surface area contributed by atoms with E-state index < -0.39 is 36.3 Å². The maximum absolute atomic E-state index is 13.2. The number of Topliss-reactive ketones (excluding diaryl/α,β-unsaturated/α-hetero) is 1. The third-order valence-electron chi connectivity index (χ3n) is 5.93. The fourth-order valence-corrected chi connectivity index (χ4v) is 4.32. The predicted octanol–water partition coefficient (Wildman–Crippen LogP) is 3.90. The maximum Gasteiger partial charge on any atom is 0.573 e. The number of likely N-dealkylation sites (tertiary alicyclic amines) is 1. The van der Waals surface area contributed by atoms with E-state index in [0.29, 0.717) is 22.2 Å². The Kier molecular flexibility index (Phi) is 6.88. The molecule has 1 aromatic heterocycles. The Morgan fingerprint density at radius 1 is 1.14 bits per heavy atom. The number of nitrogens with one attached hydrogen (secondary N) is 1. The van der Waals surface area contributed by atoms with Gasteiger partial charge in [0.05, 0.1) is 23.3 Å². The van der Waals surface area contributed by atoms with Crippen LogP contribution in [0.15, 0.2) is 54.7 Å². The Hall–Kier alpha value is -4.06. The van der Waals surface area contributed by atoms with Crippen LogP contribution in [0, 0.1) is 0 Å². The summed E-state index contributed by atoms with van der Waals surface area (Å²) in [5.74, 6) is -0.803. The summed E-state index contributed by atoms with van der Waals surface area (Å²) in [7, 11) is 1.46. The molecule has 36 heavy (non-hydrogen) atoms. The number of amides is 3. The van der Waals surface area contributed by atoms with E-state index in [9.17, 15) is 27.6 Å². The average Bonchev–Trinajstić information content (AvgIpc) is 3.41. The smallest absolute Gasteiger partial charge is 0.406 e. The van der Waals surface area contributed by atoms with Crippen molar-refractivity contribution in [3.05, 3.63) is 60.3 Å². The van der Waals surface area contributed by atoms with Gasteiger partial charge in [0.2, 0.25) is 0 Å². The molecular formula is C24H23F3N4O5. The van der Waals surface area contributed by atoms with Crippen LogP contribution in [0.5, 0.6) is 5.75 Å². The fraction of sp³-hybridized carbons (Fsp3) is 0.292. The molecule has 9 nitrogen and oxygen atoms in total. The Morgan fingerprint density at radius 3 is 2.58 bits per heavy atom. The number of para-hydroxylation sites is 1. The quantitative estimate of drug-likeness (QED) is 0.528. The van der Waals surface area contributed by atoms with Crippen molar-refractivity contribution in [3.63, 3.8) is 0 Å². The molecule has 0 spiro atoms. The molecule has 2 atom stereocenters. The molecule has 4 rings (SSSR count). The summed E-state index contributed by atoms with van der Waals surface area (Å²) in [5.41, 5.74) is 6.58. The third kappa shape index (κ3) is 5.43. The van der Waals surface area contributed by atoms with Crippen molar-refractivity contribution in [2.45, 2.75) is 31.3 Å². The summed E-state index contributed by atoms with van der Waals surface area (Å²) in [6.45, 7) is 0.129. The number of urea groups is 1. The van der Waals surface area contributed by atoms with Gasteiger partial charge < -0.3 is 25.4 Å². The summed E-state index contributed by atoms with van der Waals surface area (Å²) in [6.07, 6.45) is -3.84. The van der Waals surface area contributed by atoms with Gasteiger partial charge in [0.15, 0.2) is 5.78 Å². The summed E-state index contributed by atoms with van der Waals surface area (Å²) in [4.78, 5) is 39.5. The van der Waals surface area contributed by atoms with E-state index in [-0.39, 0.29) is 25.2 Å². The molecule has 3 aromatic rings. The second-order valence-corrected chi connectivity index (χ2v) is 8.30. The molecule has 1 saturated heterocycles. The number of aromatic nitrogens is 1. The summed E-state index contributed by atoms with van der Waals surface area (Å²) in [5, 5.41) is 3.32. The molecule has 2 heterocycles. The fourth-order valence-electron chi connectivity index (χ4n) is 4.32. The van der Waals surface area contributed by atoms with Gasteiger partial charge >= 0.3 is 18.4 Å². The molecule has 190 valence electrons. The van der Waals surface area contributed by atoms with E-state index in [1.807, 2.05) is 0 Å². The number of methoxy groups -OCH3 is 1. The highest BCUT2D eigenvalue weighted by Crippen LogP contribution is 2.29. The van der Waals surface area contributed by atoms with Crippen LogP contribution in [-0.4, -0.2) is 59.5 Å². The third-order valence-corrected chi connectivity index (χ3v) is 5.93. The van der Waals surface area contributed by atoms with E-state index in [0.717, 1.165) is 12.1 Å². The van der Waals surface area contributed by atoms with Crippen molar-refractivity contribution >= 4 is 34.4 Å². The molecule has 2 aromatic carbocycles. The van der Waals surface area contributed by atoms with E-state index in [4.69, 9.17) is 10.5 Å². The standard InChI is InChI=1S/C24H23F3N4O5/c1-35-16-11-20(21(32)10-14-5-4-6-15(9-14)36-24(25,26)27)31(12-16)23(34)29-18-13-30(22(28)33)19-8-3-2-7-17(18)19/h2-9,13,16,20H,10-12H2,1H3,(H2,28,33)(H,29,34)/t16-,20+/m1/s1. The lowest BCUT2D eigenvalue weighted by atomic mass is 10.0. The lowest BCUT2D eigenvalue weighted by Crippen LogP contribution is -2.43. The van der Waals surface area contributed by atoms with Crippen LogP contribution in [-0.2, 0) is 16.0 Å². The zero-order valence-corrected chi connectivity index (χ0v) is 19.1. The Labute approximate surface area is 203 Å². The van der Waals surface area contributed by atoms with Crippen LogP contribution in [0.1, 0.15) is 12.0 Å². The van der Waals surface area contributed by atoms with E-state index >= 15 is 0 Å². The number of fused-ring (bicyclic) bond motifs is 1. The van der Waals surface area contributed by atoms with Crippen LogP contribution in [0.3, 0.4) is 0 Å². The minimum absolute atomic E-state index is 0.129. The van der Waals surface area contributed by atoms with Crippen LogP contribution in [0.2, 0.25) is 0 Å². The molecule has 0 bridgehead atoms. The molecule has 1 fully saturated rings. The van der Waals surface area contributed by atoms with Crippen molar-refractivity contribution < 1.29 is 37.0 Å². The Morgan fingerprint density at radius 2 is 1.89 bits per heavy atom. The number of benzene rings is 2. The van der Waals surface area contributed by atoms with Gasteiger partial charge in [-0.05, 0) is 23.8 Å². The lowest BCUT2D eigenvalue weighted by Gasteiger charge is -2.23. The number of nitrogens with two attached hydrogens (primary N) is 1. The van der Waals surface area contributed by atoms with E-state index in [2.05, 4.69) is 10.1 Å². The molecule has 0 radical (unpaired) electrons. The van der Waals surface area contributed by atoms with Gasteiger partial charge in [0, 0.05) is 38.1 Å². The average molecular weight is 504 g/mol. The lowest BCUT2D eigenvalue weighted by molar-refractivity contribution is -0.274. The van der Waals surface area contributed by atoms with E-state index in [1.54, 1.807) is 24.3 Å². The molecule has 3 N–H and O–H groups in total. The van der Waals surface area contributed by atoms with Gasteiger partial charge in [-0.2, -0.15) is 0 Å². The summed E-state index contributed by atoms with van der Waals surface area (Å²) < 4.78 is 48.1. The Balaban J connectivity index is 1.53. The first-order chi connectivity index (χ1) is 17.1. The zero-order valence-electron chi connectivity index (χ0n) is 19.1. The predicted molar refractivity (Wildman–Crippen MR) is 124 cm³/mol. The van der Waals surface area contributed by atoms with Gasteiger partial charge in [0.1, 0.15) is 5.75 Å². The molecule has 0 aliphatic carbocycles. The van der Waals surface area contributed by atoms with Gasteiger partial charge in [-0.1, -0.05) is 30.3 Å². The van der Waals surface area contributed by atoms with Crippen LogP contribution < -0.4 is 15.8 Å². The highest BCUT2D eigenvalue weighted by atomic mass is 19.4. The van der Waals surface area contributed by atoms with Gasteiger partial charge in [-0.3, -0.25) is 9.36 Å². The van der Waals surface area contributed by atoms with Gasteiger partial charge in [-0.15, -0.1) is 13.2 Å². The number of hydrogen-bond acceptors (Lipinski definition) is 5. The van der Waals surface area contributed by atoms with Gasteiger partial charge in [-0.25, -0.2) is 9.59 Å². The number of hydrogen-bond donors (Lipinski definition) is 2. The second-order valence-electron chi connectivity index (χ2n) is 8.30. The number of nitrogens with zero attached hydrogens (tertiary/aromatic N) is 2. The molecule has 1 aliphatic rings. The number of halogens is 3. The minimum atomic E-state index is -4.85. The Bertz CT molecular complexity index is 1310. The number of carbonyl (C=O) groups is 3. The van der Waals surface area contributed by atoms with Crippen LogP contribution >= 0.6 is 0 Å². The number of primary amides is 1. The summed E-state index contributed by atoms with van der Waals surface area (Å²) >= 11 is 0. The SMILES string of the molecule is CO[C@@H]1C[C@@H](C(=O)Cc2cccc(OC(F)(F)F)c2)N(C(=O)Nc2cn(C(N)=O)c3ccccc23)C1. The zero-order chi connectivity index (χ0) is 26.0. The minimum Gasteiger partial charge on any atom is -0.406 e. The molecule has 1 aliphatic heterocycles. The molecule has 3 amide bonds. The van der Waals surface area contributed by atoms with Crippen LogP contribution in [0.4, 0.5) is 28.4 Å². The first-order valence-corrected chi connectivity index (χ1v) is 10.9. The first kappa shape index (κ1) is 25.0. The number of anilines is 1. The number of carbonyl (C=O) groups excluding carboxylic acids is 3. The largest absolute Gasteiger partial charge is 0.573 e.